The van der Waals surface area contributed by atoms with Crippen LogP contribution in [0.4, 0.5) is 13.2 Å². The van der Waals surface area contributed by atoms with Crippen LogP contribution in [0.25, 0.3) is 11.4 Å². The summed E-state index contributed by atoms with van der Waals surface area (Å²) in [6, 6.07) is 2.30. The Morgan fingerprint density at radius 1 is 1.00 bits per heavy atom. The SMILES string of the molecule is CS(=O)(=O)c1c(C(F)(F)F)ccc(C2CCC(CC3CCC(CCN)CC3)CC2)c1-c1nn[nH]n1. The van der Waals surface area contributed by atoms with Gasteiger partial charge in [-0.25, -0.2) is 8.42 Å². The van der Waals surface area contributed by atoms with E-state index in [0.29, 0.717) is 11.5 Å². The number of aromatic amines is 1. The number of nitrogens with zero attached hydrogens (tertiary/aromatic N) is 3. The third kappa shape index (κ3) is 6.04. The predicted molar refractivity (Wildman–Crippen MR) is 126 cm³/mol. The Bertz CT molecular complexity index is 1090. The van der Waals surface area contributed by atoms with Crippen molar-refractivity contribution in [2.45, 2.75) is 81.2 Å². The van der Waals surface area contributed by atoms with Gasteiger partial charge in [0.15, 0.2) is 9.84 Å². The number of sulfone groups is 1. The fourth-order valence-electron chi connectivity index (χ4n) is 6.22. The molecular weight excluding hydrogens is 479 g/mol. The van der Waals surface area contributed by atoms with E-state index in [1.165, 1.54) is 38.2 Å². The zero-order valence-electron chi connectivity index (χ0n) is 20.0. The van der Waals surface area contributed by atoms with Crippen molar-refractivity contribution in [1.29, 1.82) is 0 Å². The number of hydrogen-bond acceptors (Lipinski definition) is 6. The van der Waals surface area contributed by atoms with Crippen LogP contribution < -0.4 is 5.73 Å². The lowest BCUT2D eigenvalue weighted by molar-refractivity contribution is -0.139. The highest BCUT2D eigenvalue weighted by atomic mass is 32.2. The van der Waals surface area contributed by atoms with E-state index in [-0.39, 0.29) is 17.3 Å². The molecule has 0 atom stereocenters. The molecule has 1 aromatic heterocycles. The van der Waals surface area contributed by atoms with E-state index in [1.807, 2.05) is 0 Å². The van der Waals surface area contributed by atoms with E-state index in [9.17, 15) is 21.6 Å². The molecule has 194 valence electrons. The zero-order chi connectivity index (χ0) is 25.2. The normalized spacial score (nSPS) is 26.1. The minimum Gasteiger partial charge on any atom is -0.330 e. The number of tetrazole rings is 1. The molecule has 0 amide bonds. The van der Waals surface area contributed by atoms with Crippen molar-refractivity contribution < 1.29 is 21.6 Å². The zero-order valence-corrected chi connectivity index (χ0v) is 20.8. The second-order valence-corrected chi connectivity index (χ2v) is 12.3. The predicted octanol–water partition coefficient (Wildman–Crippen LogP) is 5.11. The minimum absolute atomic E-state index is 0.0529. The number of benzene rings is 1. The maximum Gasteiger partial charge on any atom is 0.417 e. The number of halogens is 3. The number of aromatic nitrogens is 4. The first-order valence-corrected chi connectivity index (χ1v) is 14.3. The van der Waals surface area contributed by atoms with Crippen molar-refractivity contribution in [3.8, 4) is 11.4 Å². The molecule has 2 aliphatic carbocycles. The molecule has 2 aromatic rings. The van der Waals surface area contributed by atoms with E-state index >= 15 is 0 Å². The number of nitrogens with one attached hydrogen (secondary N) is 1. The first kappa shape index (κ1) is 26.1. The Labute approximate surface area is 204 Å². The van der Waals surface area contributed by atoms with Gasteiger partial charge >= 0.3 is 6.18 Å². The number of nitrogens with two attached hydrogens (primary N) is 1. The summed E-state index contributed by atoms with van der Waals surface area (Å²) in [5.74, 6) is 1.92. The van der Waals surface area contributed by atoms with Gasteiger partial charge in [-0.05, 0) is 85.6 Å². The quantitative estimate of drug-likeness (QED) is 0.532. The smallest absolute Gasteiger partial charge is 0.330 e. The monoisotopic (exact) mass is 513 g/mol. The summed E-state index contributed by atoms with van der Waals surface area (Å²) in [6.45, 7) is 0.760. The highest BCUT2D eigenvalue weighted by Gasteiger charge is 2.40. The van der Waals surface area contributed by atoms with E-state index in [4.69, 9.17) is 5.73 Å². The highest BCUT2D eigenvalue weighted by molar-refractivity contribution is 7.91. The third-order valence-electron chi connectivity index (χ3n) is 7.93. The van der Waals surface area contributed by atoms with Crippen molar-refractivity contribution in [2.24, 2.45) is 23.5 Å². The van der Waals surface area contributed by atoms with Gasteiger partial charge in [-0.2, -0.15) is 18.4 Å². The van der Waals surface area contributed by atoms with Crippen LogP contribution in [0.15, 0.2) is 17.0 Å². The lowest BCUT2D eigenvalue weighted by Crippen LogP contribution is -2.22. The fourth-order valence-corrected chi connectivity index (χ4v) is 7.38. The van der Waals surface area contributed by atoms with Gasteiger partial charge in [0.05, 0.1) is 10.5 Å². The summed E-state index contributed by atoms with van der Waals surface area (Å²) < 4.78 is 66.5. The summed E-state index contributed by atoms with van der Waals surface area (Å²) in [6.07, 6.45) is 6.86. The summed E-state index contributed by atoms with van der Waals surface area (Å²) in [7, 11) is -4.22. The van der Waals surface area contributed by atoms with Gasteiger partial charge in [-0.3, -0.25) is 0 Å². The Balaban J connectivity index is 1.54. The summed E-state index contributed by atoms with van der Waals surface area (Å²) in [4.78, 5) is -0.764. The van der Waals surface area contributed by atoms with Crippen molar-refractivity contribution in [3.05, 3.63) is 23.3 Å². The second-order valence-electron chi connectivity index (χ2n) is 10.3. The molecule has 1 heterocycles. The molecule has 1 aromatic carbocycles. The first-order valence-electron chi connectivity index (χ1n) is 12.5. The number of H-pyrrole nitrogens is 1. The largest absolute Gasteiger partial charge is 0.417 e. The molecule has 11 heteroatoms. The van der Waals surface area contributed by atoms with Crippen molar-refractivity contribution in [2.75, 3.05) is 12.8 Å². The molecule has 0 bridgehead atoms. The maximum absolute atomic E-state index is 13.8. The van der Waals surface area contributed by atoms with Gasteiger partial charge in [0.1, 0.15) is 0 Å². The summed E-state index contributed by atoms with van der Waals surface area (Å²) >= 11 is 0. The minimum atomic E-state index is -4.82. The van der Waals surface area contributed by atoms with Gasteiger partial charge < -0.3 is 5.73 Å². The molecule has 0 radical (unpaired) electrons. The summed E-state index contributed by atoms with van der Waals surface area (Å²) in [5, 5.41) is 13.4. The second kappa shape index (κ2) is 10.5. The number of alkyl halides is 3. The van der Waals surface area contributed by atoms with Gasteiger partial charge in [0, 0.05) is 11.8 Å². The topological polar surface area (TPSA) is 115 Å². The van der Waals surface area contributed by atoms with Crippen LogP contribution in [-0.4, -0.2) is 41.8 Å². The molecule has 0 saturated heterocycles. The third-order valence-corrected chi connectivity index (χ3v) is 9.10. The molecule has 0 unspecified atom stereocenters. The van der Waals surface area contributed by atoms with Crippen LogP contribution in [0.5, 0.6) is 0 Å². The van der Waals surface area contributed by atoms with Crippen molar-refractivity contribution >= 4 is 9.84 Å². The number of rotatable bonds is 7. The van der Waals surface area contributed by atoms with E-state index in [1.54, 1.807) is 0 Å². The average molecular weight is 514 g/mol. The Morgan fingerprint density at radius 3 is 2.11 bits per heavy atom. The number of hydrogen-bond donors (Lipinski definition) is 2. The van der Waals surface area contributed by atoms with Gasteiger partial charge in [-0.15, -0.1) is 10.2 Å². The molecule has 0 spiro atoms. The molecule has 4 rings (SSSR count). The lowest BCUT2D eigenvalue weighted by atomic mass is 9.71. The van der Waals surface area contributed by atoms with Gasteiger partial charge in [-0.1, -0.05) is 31.7 Å². The molecule has 2 saturated carbocycles. The van der Waals surface area contributed by atoms with E-state index in [0.717, 1.165) is 62.8 Å². The molecular formula is C24H34F3N5O2S. The molecule has 2 fully saturated rings. The molecule has 35 heavy (non-hydrogen) atoms. The average Bonchev–Trinajstić information content (AvgIpc) is 3.34. The van der Waals surface area contributed by atoms with Gasteiger partial charge in [0.25, 0.3) is 0 Å². The standard InChI is InChI=1S/C24H34F3N5O2S/c1-35(33,34)22-20(24(25,26)27)11-10-19(21(22)23-29-31-32-30-23)18-8-6-17(7-9-18)14-16-4-2-15(3-5-16)12-13-28/h10-11,15-18H,2-9,12-14,28H2,1H3,(H,29,30,31,32). The maximum atomic E-state index is 13.8. The first-order chi connectivity index (χ1) is 16.6. The molecule has 2 aliphatic rings. The van der Waals surface area contributed by atoms with Crippen LogP contribution in [0.3, 0.4) is 0 Å². The Morgan fingerprint density at radius 2 is 1.60 bits per heavy atom. The van der Waals surface area contributed by atoms with Crippen molar-refractivity contribution in [3.63, 3.8) is 0 Å². The van der Waals surface area contributed by atoms with Gasteiger partial charge in [0.2, 0.25) is 5.82 Å². The van der Waals surface area contributed by atoms with Crippen LogP contribution >= 0.6 is 0 Å². The summed E-state index contributed by atoms with van der Waals surface area (Å²) in [5.41, 5.74) is 5.00. The van der Waals surface area contributed by atoms with Crippen LogP contribution in [-0.2, 0) is 16.0 Å². The Kier molecular flexibility index (Phi) is 7.85. The molecule has 3 N–H and O–H groups in total. The molecule has 7 nitrogen and oxygen atoms in total. The van der Waals surface area contributed by atoms with Crippen LogP contribution in [0.2, 0.25) is 0 Å². The highest BCUT2D eigenvalue weighted by Crippen LogP contribution is 2.47. The van der Waals surface area contributed by atoms with Crippen LogP contribution in [0.1, 0.15) is 81.3 Å². The van der Waals surface area contributed by atoms with E-state index in [2.05, 4.69) is 20.6 Å². The Hall–Kier alpha value is -2.01. The molecule has 0 aliphatic heterocycles. The lowest BCUT2D eigenvalue weighted by Gasteiger charge is -2.35. The van der Waals surface area contributed by atoms with Crippen molar-refractivity contribution in [1.82, 2.24) is 20.6 Å². The van der Waals surface area contributed by atoms with Crippen LogP contribution in [0, 0.1) is 17.8 Å². The van der Waals surface area contributed by atoms with E-state index < -0.39 is 26.5 Å². The fraction of sp³-hybridized carbons (Fsp3) is 0.708.